The summed E-state index contributed by atoms with van der Waals surface area (Å²) < 4.78 is 7.04. The fourth-order valence-electron chi connectivity index (χ4n) is 3.98. The highest BCUT2D eigenvalue weighted by Crippen LogP contribution is 2.40. The molecule has 0 atom stereocenters. The summed E-state index contributed by atoms with van der Waals surface area (Å²) in [4.78, 5) is 12.5. The molecular formula is C25H22N2O3. The number of hydrogen-bond acceptors (Lipinski definition) is 4. The highest BCUT2D eigenvalue weighted by molar-refractivity contribution is 6.19. The van der Waals surface area contributed by atoms with Crippen molar-refractivity contribution in [2.24, 2.45) is 0 Å². The van der Waals surface area contributed by atoms with Crippen LogP contribution in [0, 0.1) is 11.3 Å². The quantitative estimate of drug-likeness (QED) is 0.472. The molecular weight excluding hydrogens is 376 g/mol. The lowest BCUT2D eigenvalue weighted by molar-refractivity contribution is 0.0603. The van der Waals surface area contributed by atoms with E-state index in [1.807, 2.05) is 24.3 Å². The van der Waals surface area contributed by atoms with Gasteiger partial charge in [0.25, 0.3) is 0 Å². The number of phenols is 1. The Morgan fingerprint density at radius 2 is 1.87 bits per heavy atom. The molecule has 0 unspecified atom stereocenters. The van der Waals surface area contributed by atoms with E-state index in [0.29, 0.717) is 28.4 Å². The van der Waals surface area contributed by atoms with Crippen LogP contribution in [0.5, 0.6) is 5.75 Å². The zero-order valence-corrected chi connectivity index (χ0v) is 17.1. The number of aromatic nitrogens is 1. The summed E-state index contributed by atoms with van der Waals surface area (Å²) in [6.07, 6.45) is 0. The third-order valence-electron chi connectivity index (χ3n) is 5.53. The number of nitriles is 1. The minimum Gasteiger partial charge on any atom is -0.507 e. The zero-order valence-electron chi connectivity index (χ0n) is 17.1. The molecule has 0 fully saturated rings. The number of hydrogen-bond donors (Lipinski definition) is 1. The van der Waals surface area contributed by atoms with Crippen LogP contribution in [0.1, 0.15) is 46.8 Å². The van der Waals surface area contributed by atoms with Gasteiger partial charge in [0, 0.05) is 11.9 Å². The highest BCUT2D eigenvalue weighted by Gasteiger charge is 2.22. The first kappa shape index (κ1) is 19.5. The Morgan fingerprint density at radius 3 is 2.57 bits per heavy atom. The topological polar surface area (TPSA) is 75.2 Å². The Labute approximate surface area is 174 Å². The zero-order chi connectivity index (χ0) is 21.4. The van der Waals surface area contributed by atoms with Crippen molar-refractivity contribution in [2.45, 2.75) is 26.3 Å². The van der Waals surface area contributed by atoms with Gasteiger partial charge in [-0.25, -0.2) is 4.79 Å². The molecule has 0 spiro atoms. The minimum atomic E-state index is -0.454. The molecule has 0 radical (unpaired) electrons. The van der Waals surface area contributed by atoms with E-state index in [-0.39, 0.29) is 11.7 Å². The Morgan fingerprint density at radius 1 is 1.10 bits per heavy atom. The van der Waals surface area contributed by atoms with Gasteiger partial charge in [-0.3, -0.25) is 0 Å². The Kier molecular flexibility index (Phi) is 4.93. The summed E-state index contributed by atoms with van der Waals surface area (Å²) in [5.74, 6) is -0.104. The first-order valence-corrected chi connectivity index (χ1v) is 9.80. The van der Waals surface area contributed by atoms with Crippen molar-refractivity contribution in [2.75, 3.05) is 7.11 Å². The van der Waals surface area contributed by atoms with Gasteiger partial charge in [0.15, 0.2) is 0 Å². The van der Waals surface area contributed by atoms with E-state index in [9.17, 15) is 15.2 Å². The van der Waals surface area contributed by atoms with Crippen LogP contribution in [-0.4, -0.2) is 22.8 Å². The summed E-state index contributed by atoms with van der Waals surface area (Å²) in [6, 6.07) is 18.9. The van der Waals surface area contributed by atoms with Crippen molar-refractivity contribution in [3.63, 3.8) is 0 Å². The first-order valence-electron chi connectivity index (χ1n) is 9.80. The number of ether oxygens (including phenoxy) is 1. The van der Waals surface area contributed by atoms with Crippen LogP contribution in [0.4, 0.5) is 0 Å². The maximum Gasteiger partial charge on any atom is 0.338 e. The van der Waals surface area contributed by atoms with E-state index >= 15 is 0 Å². The summed E-state index contributed by atoms with van der Waals surface area (Å²) >= 11 is 0. The second-order valence-corrected chi connectivity index (χ2v) is 7.64. The molecule has 5 nitrogen and oxygen atoms in total. The van der Waals surface area contributed by atoms with Crippen LogP contribution in [-0.2, 0) is 11.3 Å². The van der Waals surface area contributed by atoms with E-state index in [1.54, 1.807) is 24.3 Å². The summed E-state index contributed by atoms with van der Waals surface area (Å²) in [5, 5.41) is 21.7. The molecule has 0 bridgehead atoms. The predicted octanol–water partition coefficient (Wildman–Crippen LogP) is 5.33. The van der Waals surface area contributed by atoms with Gasteiger partial charge in [-0.15, -0.1) is 0 Å². The Bertz CT molecular complexity index is 1330. The third kappa shape index (κ3) is 3.07. The van der Waals surface area contributed by atoms with E-state index in [1.165, 1.54) is 7.11 Å². The molecule has 0 aliphatic heterocycles. The number of phenolic OH excluding ortho intramolecular Hbond substituents is 1. The molecule has 150 valence electrons. The van der Waals surface area contributed by atoms with Gasteiger partial charge in [-0.2, -0.15) is 5.26 Å². The highest BCUT2D eigenvalue weighted by atomic mass is 16.5. The summed E-state index contributed by atoms with van der Waals surface area (Å²) in [5.41, 5.74) is 4.49. The van der Waals surface area contributed by atoms with Crippen molar-refractivity contribution in [1.29, 1.82) is 5.26 Å². The molecule has 0 aliphatic carbocycles. The van der Waals surface area contributed by atoms with Gasteiger partial charge in [0.05, 0.1) is 40.7 Å². The number of carbonyl (C=O) groups is 1. The molecule has 3 aromatic carbocycles. The van der Waals surface area contributed by atoms with E-state index in [2.05, 4.69) is 30.6 Å². The van der Waals surface area contributed by atoms with Gasteiger partial charge >= 0.3 is 5.97 Å². The molecule has 1 N–H and O–H groups in total. The Balaban J connectivity index is 2.11. The first-order chi connectivity index (χ1) is 14.5. The maximum atomic E-state index is 12.5. The van der Waals surface area contributed by atoms with E-state index in [4.69, 9.17) is 4.74 Å². The second kappa shape index (κ2) is 7.57. The third-order valence-corrected chi connectivity index (χ3v) is 5.53. The van der Waals surface area contributed by atoms with Crippen molar-refractivity contribution < 1.29 is 14.6 Å². The number of rotatable bonds is 4. The average Bonchev–Trinajstić information content (AvgIpc) is 3.07. The lowest BCUT2D eigenvalue weighted by atomic mass is 9.99. The lowest BCUT2D eigenvalue weighted by Gasteiger charge is -2.12. The molecule has 30 heavy (non-hydrogen) atoms. The number of benzene rings is 3. The number of aromatic hydroxyl groups is 1. The van der Waals surface area contributed by atoms with Crippen LogP contribution in [0.25, 0.3) is 21.8 Å². The Hall–Kier alpha value is -3.78. The SMILES string of the molecule is COC(=O)c1cccc2c1c1c(O)cc(C(C)C)cc1n2Cc1ccccc1C#N. The largest absolute Gasteiger partial charge is 0.507 e. The number of fused-ring (bicyclic) bond motifs is 3. The molecule has 4 aromatic rings. The normalized spacial score (nSPS) is 11.2. The lowest BCUT2D eigenvalue weighted by Crippen LogP contribution is -2.03. The van der Waals surface area contributed by atoms with Gasteiger partial charge in [0.1, 0.15) is 5.75 Å². The standard InChI is InChI=1S/C25H22N2O3/c1-15(2)18-11-21-24(22(28)12-18)23-19(25(29)30-3)9-6-10-20(23)27(21)14-17-8-5-4-7-16(17)13-26/h4-12,15,28H,14H2,1-3H3. The molecule has 0 aliphatic rings. The molecule has 1 heterocycles. The monoisotopic (exact) mass is 398 g/mol. The number of esters is 1. The molecule has 0 saturated heterocycles. The fourth-order valence-corrected chi connectivity index (χ4v) is 3.98. The van der Waals surface area contributed by atoms with Gasteiger partial charge in [0.2, 0.25) is 0 Å². The van der Waals surface area contributed by atoms with Gasteiger partial charge in [-0.1, -0.05) is 38.1 Å². The molecule has 0 amide bonds. The van der Waals surface area contributed by atoms with Crippen LogP contribution < -0.4 is 0 Å². The van der Waals surface area contributed by atoms with Crippen molar-refractivity contribution in [3.05, 3.63) is 76.9 Å². The predicted molar refractivity (Wildman–Crippen MR) is 117 cm³/mol. The van der Waals surface area contributed by atoms with Crippen molar-refractivity contribution >= 4 is 27.8 Å². The number of methoxy groups -OCH3 is 1. The van der Waals surface area contributed by atoms with E-state index < -0.39 is 5.97 Å². The maximum absolute atomic E-state index is 12.5. The van der Waals surface area contributed by atoms with Gasteiger partial charge in [-0.05, 0) is 47.4 Å². The fraction of sp³-hybridized carbons (Fsp3) is 0.200. The molecule has 4 rings (SSSR count). The van der Waals surface area contributed by atoms with Crippen LogP contribution >= 0.6 is 0 Å². The van der Waals surface area contributed by atoms with Crippen LogP contribution in [0.3, 0.4) is 0 Å². The minimum absolute atomic E-state index is 0.130. The van der Waals surface area contributed by atoms with Crippen LogP contribution in [0.15, 0.2) is 54.6 Å². The summed E-state index contributed by atoms with van der Waals surface area (Å²) in [7, 11) is 1.35. The van der Waals surface area contributed by atoms with Crippen LogP contribution in [0.2, 0.25) is 0 Å². The number of carbonyl (C=O) groups excluding carboxylic acids is 1. The average molecular weight is 398 g/mol. The summed E-state index contributed by atoms with van der Waals surface area (Å²) in [6.45, 7) is 4.58. The smallest absolute Gasteiger partial charge is 0.338 e. The molecule has 5 heteroatoms. The van der Waals surface area contributed by atoms with E-state index in [0.717, 1.165) is 22.2 Å². The van der Waals surface area contributed by atoms with Gasteiger partial charge < -0.3 is 14.4 Å². The molecule has 0 saturated carbocycles. The van der Waals surface area contributed by atoms with Crippen molar-refractivity contribution in [1.82, 2.24) is 4.57 Å². The second-order valence-electron chi connectivity index (χ2n) is 7.64. The number of nitrogens with zero attached hydrogens (tertiary/aromatic N) is 2. The van der Waals surface area contributed by atoms with Crippen molar-refractivity contribution in [3.8, 4) is 11.8 Å². The molecule has 1 aromatic heterocycles.